The molecule has 1 aliphatic rings. The Morgan fingerprint density at radius 1 is 1.20 bits per heavy atom. The lowest BCUT2D eigenvalue weighted by molar-refractivity contribution is 0.171. The molecule has 84 valence electrons. The number of nitrogens with zero attached hydrogens (tertiary/aromatic N) is 3. The van der Waals surface area contributed by atoms with Gasteiger partial charge in [0.2, 0.25) is 0 Å². The van der Waals surface area contributed by atoms with Crippen LogP contribution in [0.4, 0.5) is 0 Å². The van der Waals surface area contributed by atoms with Gasteiger partial charge in [-0.05, 0) is 25.8 Å². The summed E-state index contributed by atoms with van der Waals surface area (Å²) in [5, 5.41) is 4.63. The Labute approximate surface area is 92.1 Å². The van der Waals surface area contributed by atoms with E-state index in [9.17, 15) is 0 Å². The molecular formula is C12H21N3. The van der Waals surface area contributed by atoms with Crippen molar-refractivity contribution in [3.8, 4) is 0 Å². The standard InChI is InChI=1S/C12H21N3/c1-9(2)12-7-11-8-14(10(3)4)5-6-15(11)13-12/h7,9-10H,5-6,8H2,1-4H3. The quantitative estimate of drug-likeness (QED) is 0.741. The van der Waals surface area contributed by atoms with Crippen LogP contribution in [0, 0.1) is 0 Å². The Morgan fingerprint density at radius 3 is 2.53 bits per heavy atom. The molecule has 0 fully saturated rings. The monoisotopic (exact) mass is 207 g/mol. The predicted octanol–water partition coefficient (Wildman–Crippen LogP) is 2.23. The Kier molecular flexibility index (Phi) is 2.83. The van der Waals surface area contributed by atoms with E-state index in [4.69, 9.17) is 0 Å². The molecule has 1 aliphatic heterocycles. The van der Waals surface area contributed by atoms with E-state index in [1.54, 1.807) is 0 Å². The number of aromatic nitrogens is 2. The molecule has 1 aromatic rings. The van der Waals surface area contributed by atoms with Gasteiger partial charge in [0.1, 0.15) is 0 Å². The molecular weight excluding hydrogens is 186 g/mol. The van der Waals surface area contributed by atoms with Crippen LogP contribution in [0.2, 0.25) is 0 Å². The zero-order valence-corrected chi connectivity index (χ0v) is 10.2. The fourth-order valence-electron chi connectivity index (χ4n) is 2.03. The van der Waals surface area contributed by atoms with Gasteiger partial charge < -0.3 is 0 Å². The molecule has 0 radical (unpaired) electrons. The van der Waals surface area contributed by atoms with Crippen molar-refractivity contribution in [2.75, 3.05) is 6.54 Å². The van der Waals surface area contributed by atoms with Crippen LogP contribution in [0.15, 0.2) is 6.07 Å². The SMILES string of the molecule is CC(C)c1cc2n(n1)CCN(C(C)C)C2. The zero-order chi connectivity index (χ0) is 11.0. The molecule has 0 saturated carbocycles. The number of hydrogen-bond donors (Lipinski definition) is 0. The third-order valence-electron chi connectivity index (χ3n) is 3.17. The number of fused-ring (bicyclic) bond motifs is 1. The largest absolute Gasteiger partial charge is 0.293 e. The van der Waals surface area contributed by atoms with Crippen LogP contribution in [0.5, 0.6) is 0 Å². The first-order valence-electron chi connectivity index (χ1n) is 5.88. The van der Waals surface area contributed by atoms with E-state index < -0.39 is 0 Å². The lowest BCUT2D eigenvalue weighted by atomic mass is 10.1. The van der Waals surface area contributed by atoms with Crippen molar-refractivity contribution in [3.05, 3.63) is 17.5 Å². The highest BCUT2D eigenvalue weighted by atomic mass is 15.3. The third kappa shape index (κ3) is 2.07. The van der Waals surface area contributed by atoms with Crippen molar-refractivity contribution in [1.29, 1.82) is 0 Å². The lowest BCUT2D eigenvalue weighted by Crippen LogP contribution is -2.38. The molecule has 0 atom stereocenters. The maximum absolute atomic E-state index is 4.63. The molecule has 0 aliphatic carbocycles. The molecule has 2 heterocycles. The summed E-state index contributed by atoms with van der Waals surface area (Å²) in [5.41, 5.74) is 2.61. The summed E-state index contributed by atoms with van der Waals surface area (Å²) >= 11 is 0. The second-order valence-corrected chi connectivity index (χ2v) is 5.00. The van der Waals surface area contributed by atoms with Crippen LogP contribution in [0.1, 0.15) is 45.0 Å². The summed E-state index contributed by atoms with van der Waals surface area (Å²) in [5.74, 6) is 0.538. The van der Waals surface area contributed by atoms with Gasteiger partial charge in [0.05, 0.1) is 17.9 Å². The van der Waals surface area contributed by atoms with Gasteiger partial charge in [0, 0.05) is 19.1 Å². The minimum atomic E-state index is 0.538. The predicted molar refractivity (Wildman–Crippen MR) is 61.9 cm³/mol. The molecule has 0 N–H and O–H groups in total. The van der Waals surface area contributed by atoms with Crippen molar-refractivity contribution in [3.63, 3.8) is 0 Å². The van der Waals surface area contributed by atoms with Gasteiger partial charge in [-0.25, -0.2) is 0 Å². The molecule has 0 amide bonds. The maximum atomic E-state index is 4.63. The van der Waals surface area contributed by atoms with Gasteiger partial charge in [0.15, 0.2) is 0 Å². The van der Waals surface area contributed by atoms with Crippen molar-refractivity contribution >= 4 is 0 Å². The first kappa shape index (κ1) is 10.7. The fourth-order valence-corrected chi connectivity index (χ4v) is 2.03. The van der Waals surface area contributed by atoms with Gasteiger partial charge in [-0.15, -0.1) is 0 Å². The first-order valence-corrected chi connectivity index (χ1v) is 5.88. The smallest absolute Gasteiger partial charge is 0.0653 e. The molecule has 1 aromatic heterocycles. The average molecular weight is 207 g/mol. The lowest BCUT2D eigenvalue weighted by Gasteiger charge is -2.30. The molecule has 0 saturated heterocycles. The summed E-state index contributed by atoms with van der Waals surface area (Å²) in [6, 6.07) is 2.90. The highest BCUT2D eigenvalue weighted by molar-refractivity contribution is 5.14. The Balaban J connectivity index is 2.19. The Bertz CT molecular complexity index is 339. The summed E-state index contributed by atoms with van der Waals surface area (Å²) in [7, 11) is 0. The van der Waals surface area contributed by atoms with Crippen LogP contribution in [0.3, 0.4) is 0 Å². The molecule has 3 heteroatoms. The average Bonchev–Trinajstić information content (AvgIpc) is 2.59. The fraction of sp³-hybridized carbons (Fsp3) is 0.750. The van der Waals surface area contributed by atoms with Gasteiger partial charge in [-0.3, -0.25) is 9.58 Å². The van der Waals surface area contributed by atoms with E-state index >= 15 is 0 Å². The minimum Gasteiger partial charge on any atom is -0.293 e. The van der Waals surface area contributed by atoms with Crippen molar-refractivity contribution in [1.82, 2.24) is 14.7 Å². The highest BCUT2D eigenvalue weighted by Crippen LogP contribution is 2.19. The van der Waals surface area contributed by atoms with Gasteiger partial charge in [-0.2, -0.15) is 5.10 Å². The zero-order valence-electron chi connectivity index (χ0n) is 10.2. The topological polar surface area (TPSA) is 21.1 Å². The first-order chi connectivity index (χ1) is 7.08. The summed E-state index contributed by atoms with van der Waals surface area (Å²) < 4.78 is 2.17. The van der Waals surface area contributed by atoms with E-state index in [0.29, 0.717) is 12.0 Å². The van der Waals surface area contributed by atoms with Crippen molar-refractivity contribution in [2.45, 2.75) is 52.7 Å². The number of rotatable bonds is 2. The second-order valence-electron chi connectivity index (χ2n) is 5.00. The molecule has 15 heavy (non-hydrogen) atoms. The molecule has 0 spiro atoms. The number of hydrogen-bond acceptors (Lipinski definition) is 2. The third-order valence-corrected chi connectivity index (χ3v) is 3.17. The van der Waals surface area contributed by atoms with Gasteiger partial charge in [0.25, 0.3) is 0 Å². The van der Waals surface area contributed by atoms with Gasteiger partial charge in [-0.1, -0.05) is 13.8 Å². The maximum Gasteiger partial charge on any atom is 0.0653 e. The summed E-state index contributed by atoms with van der Waals surface area (Å²) in [6.07, 6.45) is 0. The van der Waals surface area contributed by atoms with E-state index in [1.807, 2.05) is 0 Å². The second kappa shape index (κ2) is 3.97. The minimum absolute atomic E-state index is 0.538. The summed E-state index contributed by atoms with van der Waals surface area (Å²) in [4.78, 5) is 2.50. The normalized spacial score (nSPS) is 17.5. The molecule has 3 nitrogen and oxygen atoms in total. The van der Waals surface area contributed by atoms with Crippen LogP contribution in [0.25, 0.3) is 0 Å². The molecule has 2 rings (SSSR count). The van der Waals surface area contributed by atoms with E-state index in [1.165, 1.54) is 11.4 Å². The Hall–Kier alpha value is -0.830. The van der Waals surface area contributed by atoms with E-state index in [0.717, 1.165) is 19.6 Å². The van der Waals surface area contributed by atoms with Gasteiger partial charge >= 0.3 is 0 Å². The van der Waals surface area contributed by atoms with Crippen LogP contribution >= 0.6 is 0 Å². The van der Waals surface area contributed by atoms with E-state index in [2.05, 4.69) is 48.4 Å². The van der Waals surface area contributed by atoms with Crippen LogP contribution < -0.4 is 0 Å². The molecule has 0 aromatic carbocycles. The van der Waals surface area contributed by atoms with Crippen molar-refractivity contribution < 1.29 is 0 Å². The van der Waals surface area contributed by atoms with Crippen molar-refractivity contribution in [2.24, 2.45) is 0 Å². The Morgan fingerprint density at radius 2 is 1.93 bits per heavy atom. The molecule has 0 bridgehead atoms. The molecule has 0 unspecified atom stereocenters. The van der Waals surface area contributed by atoms with E-state index in [-0.39, 0.29) is 0 Å². The summed E-state index contributed by atoms with van der Waals surface area (Å²) in [6.45, 7) is 12.1. The van der Waals surface area contributed by atoms with Crippen LogP contribution in [-0.4, -0.2) is 27.3 Å². The highest BCUT2D eigenvalue weighted by Gasteiger charge is 2.20. The van der Waals surface area contributed by atoms with Crippen LogP contribution in [-0.2, 0) is 13.1 Å².